The van der Waals surface area contributed by atoms with E-state index >= 15 is 0 Å². The summed E-state index contributed by atoms with van der Waals surface area (Å²) >= 11 is 0. The van der Waals surface area contributed by atoms with Gasteiger partial charge in [0.25, 0.3) is 0 Å². The monoisotopic (exact) mass is 475 g/mol. The van der Waals surface area contributed by atoms with E-state index in [-0.39, 0.29) is 19.3 Å². The average molecular weight is 476 g/mol. The molecule has 186 valence electrons. The second-order valence-corrected chi connectivity index (χ2v) is 10.5. The highest BCUT2D eigenvalue weighted by Gasteiger charge is 2.36. The molecule has 1 aliphatic heterocycles. The van der Waals surface area contributed by atoms with Gasteiger partial charge in [0.2, 0.25) is 0 Å². The van der Waals surface area contributed by atoms with Crippen molar-refractivity contribution in [1.29, 1.82) is 0 Å². The van der Waals surface area contributed by atoms with Crippen LogP contribution in [-0.2, 0) is 6.42 Å². The van der Waals surface area contributed by atoms with E-state index in [0.717, 1.165) is 49.9 Å². The lowest BCUT2D eigenvalue weighted by atomic mass is 9.77. The second kappa shape index (κ2) is 10.4. The molecule has 2 aromatic carbocycles. The van der Waals surface area contributed by atoms with Gasteiger partial charge in [0, 0.05) is 46.7 Å². The van der Waals surface area contributed by atoms with E-state index in [9.17, 15) is 9.50 Å². The van der Waals surface area contributed by atoms with Crippen LogP contribution in [-0.4, -0.2) is 40.4 Å². The van der Waals surface area contributed by atoms with Gasteiger partial charge < -0.3 is 20.3 Å². The molecule has 5 rings (SSSR count). The highest BCUT2D eigenvalue weighted by atomic mass is 19.1. The zero-order valence-corrected chi connectivity index (χ0v) is 20.8. The number of aromatic amines is 1. The van der Waals surface area contributed by atoms with Crippen molar-refractivity contribution >= 4 is 16.6 Å². The third-order valence-corrected chi connectivity index (χ3v) is 7.94. The highest BCUT2D eigenvalue weighted by molar-refractivity contribution is 5.85. The molecule has 5 heteroatoms. The average Bonchev–Trinajstić information content (AvgIpc) is 3.21. The first kappa shape index (κ1) is 23.9. The summed E-state index contributed by atoms with van der Waals surface area (Å²) in [5, 5.41) is 14.4. The molecule has 3 aromatic rings. The van der Waals surface area contributed by atoms with Crippen molar-refractivity contribution in [2.45, 2.75) is 70.0 Å². The van der Waals surface area contributed by atoms with Crippen LogP contribution in [0.2, 0.25) is 0 Å². The van der Waals surface area contributed by atoms with E-state index in [1.165, 1.54) is 27.7 Å². The predicted octanol–water partition coefficient (Wildman–Crippen LogP) is 6.73. The largest absolute Gasteiger partial charge is 0.396 e. The number of halogens is 1. The van der Waals surface area contributed by atoms with Gasteiger partial charge in [0.05, 0.1) is 12.7 Å². The molecule has 0 unspecified atom stereocenters. The number of hydrogen-bond donors (Lipinski definition) is 3. The molecule has 2 aliphatic rings. The number of fused-ring (bicyclic) bond motifs is 3. The van der Waals surface area contributed by atoms with Gasteiger partial charge in [-0.2, -0.15) is 0 Å². The standard InChI is InChI=1S/C30H38FN3O/c1-20(7-6-16-35)34-21(2)17-27-26-9-3-4-10-28(26)33-29(27)30(34)23-11-13-24(14-12-23)32-25-18-22(19-25)8-5-15-31/h3-4,9-14,21-22,25,30,32-33,35H,1,5-8,15-19H2,2H3/t21-,22?,25?,30-/m0/s1. The fourth-order valence-electron chi connectivity index (χ4n) is 6.15. The zero-order valence-electron chi connectivity index (χ0n) is 20.8. The number of allylic oxidation sites excluding steroid dienone is 1. The molecular weight excluding hydrogens is 437 g/mol. The molecule has 1 saturated carbocycles. The first-order chi connectivity index (χ1) is 17.1. The molecule has 0 radical (unpaired) electrons. The molecule has 1 aromatic heterocycles. The number of anilines is 1. The van der Waals surface area contributed by atoms with E-state index in [0.29, 0.717) is 24.4 Å². The van der Waals surface area contributed by atoms with Gasteiger partial charge in [-0.1, -0.05) is 36.9 Å². The van der Waals surface area contributed by atoms with Crippen LogP contribution >= 0.6 is 0 Å². The number of benzene rings is 2. The minimum atomic E-state index is -0.197. The Morgan fingerprint density at radius 1 is 1.14 bits per heavy atom. The number of hydrogen-bond acceptors (Lipinski definition) is 3. The van der Waals surface area contributed by atoms with Crippen molar-refractivity contribution in [2.24, 2.45) is 5.92 Å². The summed E-state index contributed by atoms with van der Waals surface area (Å²) in [6, 6.07) is 18.3. The normalized spacial score (nSPS) is 23.7. The van der Waals surface area contributed by atoms with Gasteiger partial charge in [0.1, 0.15) is 0 Å². The minimum absolute atomic E-state index is 0.0650. The second-order valence-electron chi connectivity index (χ2n) is 10.5. The van der Waals surface area contributed by atoms with Gasteiger partial charge in [-0.15, -0.1) is 0 Å². The number of H-pyrrole nitrogens is 1. The molecule has 0 spiro atoms. The van der Waals surface area contributed by atoms with Crippen LogP contribution in [0.15, 0.2) is 60.8 Å². The topological polar surface area (TPSA) is 51.3 Å². The Labute approximate surface area is 208 Å². The zero-order chi connectivity index (χ0) is 24.4. The number of rotatable bonds is 10. The Morgan fingerprint density at radius 2 is 1.91 bits per heavy atom. The van der Waals surface area contributed by atoms with Gasteiger partial charge in [-0.3, -0.25) is 4.39 Å². The van der Waals surface area contributed by atoms with Gasteiger partial charge in [0.15, 0.2) is 0 Å². The molecular formula is C30H38FN3O. The molecule has 0 bridgehead atoms. The van der Waals surface area contributed by atoms with Crippen molar-refractivity contribution < 1.29 is 9.50 Å². The van der Waals surface area contributed by atoms with Crippen molar-refractivity contribution in [2.75, 3.05) is 18.6 Å². The van der Waals surface area contributed by atoms with Crippen LogP contribution < -0.4 is 5.32 Å². The number of nitrogens with one attached hydrogen (secondary N) is 2. The van der Waals surface area contributed by atoms with Crippen LogP contribution in [0, 0.1) is 5.92 Å². The Kier molecular flexibility index (Phi) is 7.14. The summed E-state index contributed by atoms with van der Waals surface area (Å²) in [6.07, 6.45) is 6.47. The Hall–Kier alpha value is -2.79. The smallest absolute Gasteiger partial charge is 0.0947 e. The van der Waals surface area contributed by atoms with Crippen molar-refractivity contribution in [3.05, 3.63) is 77.6 Å². The molecule has 1 aliphatic carbocycles. The van der Waals surface area contributed by atoms with Gasteiger partial charge in [-0.05, 0) is 87.1 Å². The summed E-state index contributed by atoms with van der Waals surface area (Å²) in [5.74, 6) is 0.671. The van der Waals surface area contributed by atoms with Gasteiger partial charge in [-0.25, -0.2) is 0 Å². The van der Waals surface area contributed by atoms with E-state index in [4.69, 9.17) is 0 Å². The molecule has 0 amide bonds. The third kappa shape index (κ3) is 4.84. The number of aliphatic hydroxyl groups is 1. The number of aromatic nitrogens is 1. The summed E-state index contributed by atoms with van der Waals surface area (Å²) in [6.45, 7) is 6.71. The molecule has 1 fully saturated rings. The fraction of sp³-hybridized carbons (Fsp3) is 0.467. The number of nitrogens with zero attached hydrogens (tertiary/aromatic N) is 1. The van der Waals surface area contributed by atoms with Crippen LogP contribution in [0.5, 0.6) is 0 Å². The van der Waals surface area contributed by atoms with E-state index in [1.54, 1.807) is 0 Å². The van der Waals surface area contributed by atoms with Crippen LogP contribution in [0.4, 0.5) is 10.1 Å². The SMILES string of the molecule is C=C(CCCO)N1[C@@H](c2ccc(NC3CC(CCCF)C3)cc2)c2[nH]c3ccccc3c2C[C@@H]1C. The molecule has 4 nitrogen and oxygen atoms in total. The summed E-state index contributed by atoms with van der Waals surface area (Å²) in [7, 11) is 0. The lowest BCUT2D eigenvalue weighted by Crippen LogP contribution is -2.41. The Bertz CT molecular complexity index is 1150. The summed E-state index contributed by atoms with van der Waals surface area (Å²) < 4.78 is 12.4. The Morgan fingerprint density at radius 3 is 2.66 bits per heavy atom. The maximum atomic E-state index is 12.4. The molecule has 2 atom stereocenters. The third-order valence-electron chi connectivity index (χ3n) is 7.94. The number of aliphatic hydroxyl groups excluding tert-OH is 1. The van der Waals surface area contributed by atoms with Crippen molar-refractivity contribution in [3.8, 4) is 0 Å². The van der Waals surface area contributed by atoms with Crippen LogP contribution in [0.1, 0.15) is 68.3 Å². The molecule has 35 heavy (non-hydrogen) atoms. The maximum Gasteiger partial charge on any atom is 0.0947 e. The van der Waals surface area contributed by atoms with Gasteiger partial charge >= 0.3 is 0 Å². The summed E-state index contributed by atoms with van der Waals surface area (Å²) in [5.41, 5.74) is 7.31. The molecule has 3 N–H and O–H groups in total. The lowest BCUT2D eigenvalue weighted by molar-refractivity contribution is 0.189. The fourth-order valence-corrected chi connectivity index (χ4v) is 6.15. The van der Waals surface area contributed by atoms with Crippen molar-refractivity contribution in [3.63, 3.8) is 0 Å². The van der Waals surface area contributed by atoms with Crippen molar-refractivity contribution in [1.82, 2.24) is 9.88 Å². The van der Waals surface area contributed by atoms with E-state index in [1.807, 2.05) is 0 Å². The summed E-state index contributed by atoms with van der Waals surface area (Å²) in [4.78, 5) is 6.19. The van der Waals surface area contributed by atoms with Crippen LogP contribution in [0.3, 0.4) is 0 Å². The highest BCUT2D eigenvalue weighted by Crippen LogP contribution is 2.43. The Balaban J connectivity index is 1.41. The maximum absolute atomic E-state index is 12.4. The quantitative estimate of drug-likeness (QED) is 0.305. The molecule has 0 saturated heterocycles. The van der Waals surface area contributed by atoms with Crippen LogP contribution in [0.25, 0.3) is 10.9 Å². The van der Waals surface area contributed by atoms with E-state index < -0.39 is 0 Å². The molecule has 2 heterocycles. The number of para-hydroxylation sites is 1. The number of alkyl halides is 1. The first-order valence-electron chi connectivity index (χ1n) is 13.2. The van der Waals surface area contributed by atoms with E-state index in [2.05, 4.69) is 77.2 Å². The minimum Gasteiger partial charge on any atom is -0.396 e. The first-order valence-corrected chi connectivity index (χ1v) is 13.2. The predicted molar refractivity (Wildman–Crippen MR) is 142 cm³/mol. The lowest BCUT2D eigenvalue weighted by Gasteiger charge is -2.44.